The van der Waals surface area contributed by atoms with Gasteiger partial charge in [-0.1, -0.05) is 29.4 Å². The number of aromatic nitrogens is 1. The maximum Gasteiger partial charge on any atom is 0.257 e. The Kier molecular flexibility index (Phi) is 3.59. The normalized spacial score (nSPS) is 11.0. The minimum absolute atomic E-state index is 0.0836. The molecule has 96 valence electrons. The van der Waals surface area contributed by atoms with Crippen molar-refractivity contribution in [2.45, 2.75) is 5.22 Å². The van der Waals surface area contributed by atoms with E-state index in [1.165, 1.54) is 23.1 Å². The molecule has 0 spiro atoms. The number of hydrogen-bond donors (Lipinski definition) is 0. The molecule has 0 aliphatic carbocycles. The third-order valence-electron chi connectivity index (χ3n) is 2.45. The van der Waals surface area contributed by atoms with Gasteiger partial charge in [0.15, 0.2) is 11.4 Å². The molecule has 0 N–H and O–H groups in total. The van der Waals surface area contributed by atoms with Crippen LogP contribution < -0.4 is 0 Å². The van der Waals surface area contributed by atoms with Gasteiger partial charge in [-0.2, -0.15) is 0 Å². The molecule has 19 heavy (non-hydrogen) atoms. The van der Waals surface area contributed by atoms with Crippen molar-refractivity contribution in [2.24, 2.45) is 0 Å². The van der Waals surface area contributed by atoms with E-state index in [4.69, 9.17) is 16.0 Å². The predicted molar refractivity (Wildman–Crippen MR) is 78.4 cm³/mol. The zero-order chi connectivity index (χ0) is 13.2. The quantitative estimate of drug-likeness (QED) is 0.525. The first-order valence-corrected chi connectivity index (χ1v) is 7.72. The van der Waals surface area contributed by atoms with Gasteiger partial charge in [0, 0.05) is 5.02 Å². The number of nitrogens with zero attached hydrogens (tertiary/aromatic N) is 1. The van der Waals surface area contributed by atoms with E-state index in [0.717, 1.165) is 4.88 Å². The number of thioether (sulfide) groups is 1. The highest BCUT2D eigenvalue weighted by atomic mass is 35.5. The molecule has 0 amide bonds. The van der Waals surface area contributed by atoms with Gasteiger partial charge < -0.3 is 4.42 Å². The fourth-order valence-electron chi connectivity index (χ4n) is 1.58. The highest BCUT2D eigenvalue weighted by Crippen LogP contribution is 2.26. The van der Waals surface area contributed by atoms with Crippen LogP contribution in [0.15, 0.2) is 45.4 Å². The van der Waals surface area contributed by atoms with Crippen molar-refractivity contribution in [3.63, 3.8) is 0 Å². The van der Waals surface area contributed by atoms with E-state index < -0.39 is 0 Å². The number of fused-ring (bicyclic) bond motifs is 1. The van der Waals surface area contributed by atoms with E-state index in [2.05, 4.69) is 4.98 Å². The number of halogens is 1. The van der Waals surface area contributed by atoms with Gasteiger partial charge in [-0.05, 0) is 29.6 Å². The Bertz CT molecular complexity index is 721. The van der Waals surface area contributed by atoms with Crippen LogP contribution >= 0.6 is 34.7 Å². The number of carbonyl (C=O) groups excluding carboxylic acids is 1. The highest BCUT2D eigenvalue weighted by Gasteiger charge is 2.11. The second-order valence-corrected chi connectivity index (χ2v) is 6.09. The monoisotopic (exact) mass is 309 g/mol. The molecule has 0 aliphatic heterocycles. The minimum Gasteiger partial charge on any atom is -0.431 e. The molecule has 0 unspecified atom stereocenters. The second kappa shape index (κ2) is 5.36. The summed E-state index contributed by atoms with van der Waals surface area (Å²) in [6.07, 6.45) is 0. The number of Topliss-reactive ketones (excluding diaryl/α,β-unsaturated/α-hetero) is 1. The molecule has 0 saturated heterocycles. The van der Waals surface area contributed by atoms with Crippen molar-refractivity contribution in [3.05, 3.63) is 45.6 Å². The van der Waals surface area contributed by atoms with Crippen LogP contribution in [0.25, 0.3) is 11.1 Å². The Labute approximate surface area is 122 Å². The summed E-state index contributed by atoms with van der Waals surface area (Å²) in [6, 6.07) is 8.95. The van der Waals surface area contributed by atoms with Gasteiger partial charge in [0.2, 0.25) is 0 Å². The van der Waals surface area contributed by atoms with Crippen molar-refractivity contribution < 1.29 is 9.21 Å². The standard InChI is InChI=1S/C13H8ClNO2S2/c14-8-3-4-11-9(6-8)15-13(17-11)19-7-10(16)12-2-1-5-18-12/h1-6H,7H2. The first kappa shape index (κ1) is 12.7. The lowest BCUT2D eigenvalue weighted by molar-refractivity contribution is 0.102. The largest absolute Gasteiger partial charge is 0.431 e. The summed E-state index contributed by atoms with van der Waals surface area (Å²) in [5.41, 5.74) is 1.38. The highest BCUT2D eigenvalue weighted by molar-refractivity contribution is 7.99. The summed E-state index contributed by atoms with van der Waals surface area (Å²) in [5.74, 6) is 0.404. The number of carbonyl (C=O) groups is 1. The fourth-order valence-corrected chi connectivity index (χ4v) is 3.22. The number of benzene rings is 1. The summed E-state index contributed by atoms with van der Waals surface area (Å²) < 4.78 is 5.54. The lowest BCUT2D eigenvalue weighted by atomic mass is 10.3. The van der Waals surface area contributed by atoms with Crippen molar-refractivity contribution in [3.8, 4) is 0 Å². The molecule has 6 heteroatoms. The first-order valence-electron chi connectivity index (χ1n) is 5.48. The van der Waals surface area contributed by atoms with Crippen LogP contribution in [0.2, 0.25) is 5.02 Å². The van der Waals surface area contributed by atoms with Gasteiger partial charge in [-0.15, -0.1) is 11.3 Å². The van der Waals surface area contributed by atoms with Gasteiger partial charge in [-0.25, -0.2) is 4.98 Å². The number of thiophene rings is 1. The molecule has 0 saturated carbocycles. The Hall–Kier alpha value is -1.30. The summed E-state index contributed by atoms with van der Waals surface area (Å²) in [4.78, 5) is 16.9. The Morgan fingerprint density at radius 2 is 2.32 bits per heavy atom. The second-order valence-electron chi connectivity index (χ2n) is 3.78. The van der Waals surface area contributed by atoms with Gasteiger partial charge in [-0.3, -0.25) is 4.79 Å². The maximum atomic E-state index is 11.8. The zero-order valence-electron chi connectivity index (χ0n) is 9.63. The van der Waals surface area contributed by atoms with Gasteiger partial charge >= 0.3 is 0 Å². The number of ketones is 1. The number of hydrogen-bond acceptors (Lipinski definition) is 5. The lowest BCUT2D eigenvalue weighted by Gasteiger charge is -1.93. The minimum atomic E-state index is 0.0836. The molecule has 0 aliphatic rings. The van der Waals surface area contributed by atoms with Crippen molar-refractivity contribution in [1.82, 2.24) is 4.98 Å². The average molecular weight is 310 g/mol. The van der Waals surface area contributed by atoms with Crippen LogP contribution in [-0.2, 0) is 0 Å². The van der Waals surface area contributed by atoms with E-state index >= 15 is 0 Å². The van der Waals surface area contributed by atoms with E-state index in [1.807, 2.05) is 17.5 Å². The Balaban J connectivity index is 1.73. The Morgan fingerprint density at radius 1 is 1.42 bits per heavy atom. The molecule has 3 nitrogen and oxygen atoms in total. The van der Waals surface area contributed by atoms with E-state index in [9.17, 15) is 4.79 Å². The fraction of sp³-hybridized carbons (Fsp3) is 0.0769. The molecule has 0 fully saturated rings. The molecule has 3 rings (SSSR count). The van der Waals surface area contributed by atoms with E-state index in [1.54, 1.807) is 18.2 Å². The average Bonchev–Trinajstić information content (AvgIpc) is 3.04. The molecule has 2 aromatic heterocycles. The van der Waals surface area contributed by atoms with Crippen LogP contribution in [0.4, 0.5) is 0 Å². The molecular formula is C13H8ClNO2S2. The molecule has 0 atom stereocenters. The number of rotatable bonds is 4. The van der Waals surface area contributed by atoms with Crippen LogP contribution in [0.5, 0.6) is 0 Å². The zero-order valence-corrected chi connectivity index (χ0v) is 12.0. The molecule has 0 radical (unpaired) electrons. The Morgan fingerprint density at radius 3 is 3.11 bits per heavy atom. The molecule has 3 aromatic rings. The molecular weight excluding hydrogens is 302 g/mol. The smallest absolute Gasteiger partial charge is 0.257 e. The SMILES string of the molecule is O=C(CSc1nc2cc(Cl)ccc2o1)c1cccs1. The van der Waals surface area contributed by atoms with Crippen LogP contribution in [0, 0.1) is 0 Å². The molecule has 0 bridgehead atoms. The first-order chi connectivity index (χ1) is 9.22. The summed E-state index contributed by atoms with van der Waals surface area (Å²) in [6.45, 7) is 0. The summed E-state index contributed by atoms with van der Waals surface area (Å²) >= 11 is 8.62. The molecule has 2 heterocycles. The van der Waals surface area contributed by atoms with Crippen molar-refractivity contribution >= 4 is 51.6 Å². The van der Waals surface area contributed by atoms with Gasteiger partial charge in [0.05, 0.1) is 10.6 Å². The lowest BCUT2D eigenvalue weighted by Crippen LogP contribution is -1.98. The maximum absolute atomic E-state index is 11.8. The number of oxazole rings is 1. The van der Waals surface area contributed by atoms with Gasteiger partial charge in [0.25, 0.3) is 5.22 Å². The van der Waals surface area contributed by atoms with Crippen molar-refractivity contribution in [1.29, 1.82) is 0 Å². The van der Waals surface area contributed by atoms with Crippen LogP contribution in [0.3, 0.4) is 0 Å². The predicted octanol–water partition coefficient (Wildman–Crippen LogP) is 4.52. The van der Waals surface area contributed by atoms with E-state index in [-0.39, 0.29) is 5.78 Å². The van der Waals surface area contributed by atoms with Crippen LogP contribution in [-0.4, -0.2) is 16.5 Å². The topological polar surface area (TPSA) is 43.1 Å². The van der Waals surface area contributed by atoms with Crippen LogP contribution in [0.1, 0.15) is 9.67 Å². The van der Waals surface area contributed by atoms with Gasteiger partial charge in [0.1, 0.15) is 5.52 Å². The summed E-state index contributed by atoms with van der Waals surface area (Å²) in [5, 5.41) is 2.99. The summed E-state index contributed by atoms with van der Waals surface area (Å²) in [7, 11) is 0. The third kappa shape index (κ3) is 2.83. The molecule has 1 aromatic carbocycles. The van der Waals surface area contributed by atoms with E-state index in [0.29, 0.717) is 27.1 Å². The van der Waals surface area contributed by atoms with Crippen molar-refractivity contribution in [2.75, 3.05) is 5.75 Å². The third-order valence-corrected chi connectivity index (χ3v) is 4.43.